The van der Waals surface area contributed by atoms with E-state index in [1.165, 1.54) is 9.80 Å². The van der Waals surface area contributed by atoms with E-state index in [9.17, 15) is 19.2 Å². The lowest BCUT2D eigenvalue weighted by atomic mass is 9.33. The lowest BCUT2D eigenvalue weighted by molar-refractivity contribution is 0.590. The van der Waals surface area contributed by atoms with Gasteiger partial charge in [0.05, 0.1) is 19.2 Å². The molecule has 0 radical (unpaired) electrons. The molecule has 5 aromatic rings. The van der Waals surface area contributed by atoms with Crippen molar-refractivity contribution in [2.45, 2.75) is 105 Å². The van der Waals surface area contributed by atoms with E-state index in [0.717, 1.165) is 0 Å². The van der Waals surface area contributed by atoms with Crippen LogP contribution in [0.5, 0.6) is 0 Å². The Hall–Kier alpha value is -4.24. The van der Waals surface area contributed by atoms with Gasteiger partial charge >= 0.3 is 0 Å². The van der Waals surface area contributed by atoms with Crippen LogP contribution >= 0.6 is 0 Å². The first-order valence-corrected chi connectivity index (χ1v) is 17.0. The standard InChI is InChI=1S/C46H53BN2/c1-43(2,3)30-16-22-34(23-17-30)48-38-26-20-32(45(7,8)9)28-36(38)47-37-29-33(46(10,11)12)21-27-39(37)49(41-15-13-14-40(48)42(41)47)35-24-18-31(19-25-35)44(4,5)6/h13-29H,1-12H3/i16D,17D,18D,19D,20D,21D,22D,23D,24D,25D,26D,27D,28D,29D. The third kappa shape index (κ3) is 5.70. The van der Waals surface area contributed by atoms with Crippen LogP contribution in [-0.4, -0.2) is 6.71 Å². The molecule has 0 saturated heterocycles. The first kappa shape index (κ1) is 20.4. The Kier molecular flexibility index (Phi) is 4.65. The second kappa shape index (κ2) is 11.1. The highest BCUT2D eigenvalue weighted by Gasteiger charge is 2.44. The van der Waals surface area contributed by atoms with Gasteiger partial charge in [-0.25, -0.2) is 0 Å². The predicted molar refractivity (Wildman–Crippen MR) is 215 cm³/mol. The largest absolute Gasteiger partial charge is 0.311 e. The van der Waals surface area contributed by atoms with Crippen LogP contribution in [0.3, 0.4) is 0 Å². The number of rotatable bonds is 2. The minimum atomic E-state index is -1.17. The van der Waals surface area contributed by atoms with Gasteiger partial charge in [0.1, 0.15) is 0 Å². The zero-order valence-corrected chi connectivity index (χ0v) is 30.7. The molecular weight excluding hydrogens is 591 g/mol. The summed E-state index contributed by atoms with van der Waals surface area (Å²) in [4.78, 5) is 2.80. The van der Waals surface area contributed by atoms with Gasteiger partial charge in [0.25, 0.3) is 6.71 Å². The number of benzene rings is 5. The van der Waals surface area contributed by atoms with E-state index < -0.39 is 52.5 Å². The van der Waals surface area contributed by atoms with Crippen molar-refractivity contribution in [3.63, 3.8) is 0 Å². The molecule has 3 heteroatoms. The minimum absolute atomic E-state index is 0.0617. The van der Waals surface area contributed by atoms with Gasteiger partial charge in [-0.3, -0.25) is 0 Å². The fraction of sp³-hybridized carbons (Fsp3) is 0.348. The maximum Gasteiger partial charge on any atom is 0.252 e. The summed E-state index contributed by atoms with van der Waals surface area (Å²) >= 11 is 0. The molecule has 2 aliphatic heterocycles. The molecule has 0 N–H and O–H groups in total. The van der Waals surface area contributed by atoms with Gasteiger partial charge in [0.2, 0.25) is 0 Å². The molecule has 0 amide bonds. The van der Waals surface area contributed by atoms with E-state index in [1.54, 1.807) is 59.7 Å². The monoisotopic (exact) mass is 659 g/mol. The van der Waals surface area contributed by atoms with Gasteiger partial charge in [-0.1, -0.05) is 137 Å². The van der Waals surface area contributed by atoms with E-state index >= 15 is 0 Å². The van der Waals surface area contributed by atoms with Gasteiger partial charge < -0.3 is 9.80 Å². The molecule has 0 fully saturated rings. The predicted octanol–water partition coefficient (Wildman–Crippen LogP) is 11.0. The van der Waals surface area contributed by atoms with Crippen molar-refractivity contribution in [1.29, 1.82) is 0 Å². The number of hydrogen-bond acceptors (Lipinski definition) is 2. The molecule has 0 bridgehead atoms. The van der Waals surface area contributed by atoms with Crippen LogP contribution in [-0.2, 0) is 21.7 Å². The topological polar surface area (TPSA) is 6.48 Å². The van der Waals surface area contributed by atoms with E-state index in [2.05, 4.69) is 0 Å². The highest BCUT2D eigenvalue weighted by atomic mass is 15.2. The summed E-state index contributed by atoms with van der Waals surface area (Å²) in [5.74, 6) is 0. The lowest BCUT2D eigenvalue weighted by Crippen LogP contribution is -2.61. The highest BCUT2D eigenvalue weighted by Crippen LogP contribution is 2.45. The minimum Gasteiger partial charge on any atom is -0.311 e. The number of anilines is 6. The third-order valence-electron chi connectivity index (χ3n) is 9.17. The Morgan fingerprint density at radius 1 is 0.429 bits per heavy atom. The first-order valence-electron chi connectivity index (χ1n) is 24.0. The second-order valence-corrected chi connectivity index (χ2v) is 17.3. The zero-order valence-electron chi connectivity index (χ0n) is 44.7. The zero-order chi connectivity index (χ0) is 47.4. The average molecular weight is 659 g/mol. The van der Waals surface area contributed by atoms with Crippen LogP contribution < -0.4 is 26.2 Å². The average Bonchev–Trinajstić information content (AvgIpc) is 3.13. The molecule has 2 heterocycles. The summed E-state index contributed by atoms with van der Waals surface area (Å²) < 4.78 is 134. The fourth-order valence-corrected chi connectivity index (χ4v) is 6.30. The van der Waals surface area contributed by atoms with Crippen LogP contribution in [0.4, 0.5) is 34.1 Å². The van der Waals surface area contributed by atoms with E-state index in [4.69, 9.17) is 0 Å². The molecular formula is C46H53BN2. The smallest absolute Gasteiger partial charge is 0.252 e. The lowest BCUT2D eigenvalue weighted by Gasteiger charge is -2.45. The van der Waals surface area contributed by atoms with E-state index in [-0.39, 0.29) is 128 Å². The Bertz CT molecular complexity index is 2600. The van der Waals surface area contributed by atoms with Crippen molar-refractivity contribution in [1.82, 2.24) is 0 Å². The van der Waals surface area contributed by atoms with Crippen LogP contribution in [0.1, 0.15) is 125 Å². The number of hydrogen-bond donors (Lipinski definition) is 0. The number of fused-ring (bicyclic) bond motifs is 4. The summed E-state index contributed by atoms with van der Waals surface area (Å²) in [7, 11) is 0. The van der Waals surface area contributed by atoms with E-state index in [0.29, 0.717) is 5.46 Å². The van der Waals surface area contributed by atoms with E-state index in [1.807, 2.05) is 41.5 Å². The Morgan fingerprint density at radius 2 is 0.755 bits per heavy atom. The highest BCUT2D eigenvalue weighted by molar-refractivity contribution is 7.00. The molecule has 7 rings (SSSR count). The molecule has 0 atom stereocenters. The van der Waals surface area contributed by atoms with Crippen molar-refractivity contribution in [3.05, 3.63) is 125 Å². The molecule has 49 heavy (non-hydrogen) atoms. The summed E-state index contributed by atoms with van der Waals surface area (Å²) in [5, 5.41) is 0. The third-order valence-corrected chi connectivity index (χ3v) is 9.17. The SMILES string of the molecule is [2H]c1c([2H])c(C(C)(C)C)c([2H])c([2H])c1N1c2cccc3c2B(c2c([2H])c(C(C)(C)C)c([2H])c([2H])c21)c1c([2H])c(C(C)(C)C)c([2H])c([2H])c1N3c1c([2H])c([2H])c(C(C)(C)C)c([2H])c1[2H]. The molecule has 2 nitrogen and oxygen atoms in total. The van der Waals surface area contributed by atoms with Crippen LogP contribution in [0.15, 0.2) is 103 Å². The molecule has 2 aliphatic rings. The molecule has 0 spiro atoms. The second-order valence-electron chi connectivity index (χ2n) is 17.3. The van der Waals surface area contributed by atoms with Gasteiger partial charge in [-0.05, 0) is 109 Å². The van der Waals surface area contributed by atoms with Gasteiger partial charge in [-0.2, -0.15) is 0 Å². The van der Waals surface area contributed by atoms with Crippen molar-refractivity contribution >= 4 is 57.2 Å². The Balaban J connectivity index is 1.80. The van der Waals surface area contributed by atoms with Crippen molar-refractivity contribution < 1.29 is 19.2 Å². The van der Waals surface area contributed by atoms with Crippen LogP contribution in [0.25, 0.3) is 0 Å². The molecule has 0 aromatic heterocycles. The summed E-state index contributed by atoms with van der Waals surface area (Å²) in [5.41, 5.74) is -2.20. The molecule has 0 saturated carbocycles. The van der Waals surface area contributed by atoms with Crippen molar-refractivity contribution in [3.8, 4) is 0 Å². The van der Waals surface area contributed by atoms with Crippen LogP contribution in [0, 0.1) is 0 Å². The normalized spacial score (nSPS) is 18.4. The van der Waals surface area contributed by atoms with Crippen molar-refractivity contribution in [2.24, 2.45) is 0 Å². The fourth-order valence-electron chi connectivity index (χ4n) is 6.30. The summed E-state index contributed by atoms with van der Waals surface area (Å²) in [6.07, 6.45) is 0. The molecule has 0 unspecified atom stereocenters. The van der Waals surface area contributed by atoms with Crippen molar-refractivity contribution in [2.75, 3.05) is 9.80 Å². The van der Waals surface area contributed by atoms with Crippen LogP contribution in [0.2, 0.25) is 0 Å². The van der Waals surface area contributed by atoms with Gasteiger partial charge in [-0.15, -0.1) is 0 Å². The Labute approximate surface area is 315 Å². The quantitative estimate of drug-likeness (QED) is 0.171. The summed E-state index contributed by atoms with van der Waals surface area (Å²) in [6.45, 7) is 20.5. The van der Waals surface area contributed by atoms with Gasteiger partial charge in [0.15, 0.2) is 0 Å². The first-order chi connectivity index (χ1) is 28.7. The van der Waals surface area contributed by atoms with Gasteiger partial charge in [0, 0.05) is 34.1 Å². The maximum atomic E-state index is 10.1. The Morgan fingerprint density at radius 3 is 1.08 bits per heavy atom. The maximum absolute atomic E-state index is 10.1. The molecule has 250 valence electrons. The molecule has 0 aliphatic carbocycles. The summed E-state index contributed by atoms with van der Waals surface area (Å²) in [6, 6.07) is 0.433. The number of nitrogens with zero attached hydrogens (tertiary/aromatic N) is 2. The molecule has 5 aromatic carbocycles.